The minimum atomic E-state index is -4.40. The summed E-state index contributed by atoms with van der Waals surface area (Å²) in [5.74, 6) is -1.02. The Bertz CT molecular complexity index is 587. The molecule has 0 fully saturated rings. The Hall–Kier alpha value is -2.29. The molecule has 1 aromatic carbocycles. The average molecular weight is 375 g/mol. The van der Waals surface area contributed by atoms with E-state index in [0.717, 1.165) is 12.1 Å². The third-order valence-corrected chi connectivity index (χ3v) is 3.96. The molecule has 146 valence electrons. The number of carbonyl (C=O) groups is 2. The van der Waals surface area contributed by atoms with Crippen molar-refractivity contribution < 1.29 is 27.9 Å². The number of carbonyl (C=O) groups excluding carboxylic acids is 1. The van der Waals surface area contributed by atoms with E-state index < -0.39 is 23.7 Å². The zero-order valence-corrected chi connectivity index (χ0v) is 14.8. The lowest BCUT2D eigenvalue weighted by Gasteiger charge is -2.30. The fraction of sp³-hybridized carbons (Fsp3) is 0.529. The molecular weight excluding hydrogens is 351 g/mol. The zero-order valence-electron chi connectivity index (χ0n) is 14.8. The van der Waals surface area contributed by atoms with Gasteiger partial charge in [0, 0.05) is 13.1 Å². The highest BCUT2D eigenvalue weighted by atomic mass is 19.4. The quantitative estimate of drug-likeness (QED) is 0.620. The molecule has 6 nitrogen and oxygen atoms in total. The van der Waals surface area contributed by atoms with Crippen LogP contribution in [0.2, 0.25) is 0 Å². The van der Waals surface area contributed by atoms with E-state index in [1.54, 1.807) is 0 Å². The van der Waals surface area contributed by atoms with E-state index in [1.165, 1.54) is 12.1 Å². The first kappa shape index (κ1) is 21.8. The third-order valence-electron chi connectivity index (χ3n) is 3.96. The fourth-order valence-corrected chi connectivity index (χ4v) is 2.55. The number of nitrogens with one attached hydrogen (secondary N) is 2. The summed E-state index contributed by atoms with van der Waals surface area (Å²) in [5, 5.41) is 13.6. The number of aliphatic carboxylic acids is 1. The standard InChI is InChI=1S/C17H24F3N3O3/c1-3-23(4-2)14(11-22-16(26)21-10-9-15(24)25)12-5-7-13(8-6-12)17(18,19)20/h5-8,14H,3-4,9-11H2,1-2H3,(H,24,25)(H2,21,22,26). The molecule has 0 bridgehead atoms. The molecule has 1 rings (SSSR count). The van der Waals surface area contributed by atoms with Crippen LogP contribution in [0, 0.1) is 0 Å². The van der Waals surface area contributed by atoms with Gasteiger partial charge in [0.05, 0.1) is 18.0 Å². The fourth-order valence-electron chi connectivity index (χ4n) is 2.55. The Morgan fingerprint density at radius 2 is 1.69 bits per heavy atom. The lowest BCUT2D eigenvalue weighted by molar-refractivity contribution is -0.138. The van der Waals surface area contributed by atoms with Gasteiger partial charge in [-0.3, -0.25) is 9.69 Å². The molecule has 26 heavy (non-hydrogen) atoms. The van der Waals surface area contributed by atoms with Gasteiger partial charge in [-0.25, -0.2) is 4.79 Å². The molecule has 3 N–H and O–H groups in total. The first-order chi connectivity index (χ1) is 12.2. The molecule has 1 aromatic rings. The van der Waals surface area contributed by atoms with Crippen molar-refractivity contribution in [3.63, 3.8) is 0 Å². The minimum absolute atomic E-state index is 0.00260. The van der Waals surface area contributed by atoms with Crippen LogP contribution in [0.1, 0.15) is 37.4 Å². The molecule has 0 saturated carbocycles. The van der Waals surface area contributed by atoms with Gasteiger partial charge in [-0.05, 0) is 30.8 Å². The molecule has 1 atom stereocenters. The maximum absolute atomic E-state index is 12.7. The van der Waals surface area contributed by atoms with Crippen molar-refractivity contribution in [2.45, 2.75) is 32.5 Å². The van der Waals surface area contributed by atoms with Crippen LogP contribution < -0.4 is 10.6 Å². The number of halogens is 3. The second-order valence-corrected chi connectivity index (χ2v) is 5.64. The van der Waals surface area contributed by atoms with E-state index in [2.05, 4.69) is 10.6 Å². The first-order valence-electron chi connectivity index (χ1n) is 8.33. The summed E-state index contributed by atoms with van der Waals surface area (Å²) in [6, 6.07) is 4.07. The number of hydrogen-bond acceptors (Lipinski definition) is 3. The third kappa shape index (κ3) is 6.91. The molecule has 0 aromatic heterocycles. The number of nitrogens with zero attached hydrogens (tertiary/aromatic N) is 1. The summed E-state index contributed by atoms with van der Waals surface area (Å²) in [7, 11) is 0. The van der Waals surface area contributed by atoms with Crippen LogP contribution in [0.4, 0.5) is 18.0 Å². The summed E-state index contributed by atoms with van der Waals surface area (Å²) < 4.78 is 38.2. The van der Waals surface area contributed by atoms with E-state index >= 15 is 0 Å². The lowest BCUT2D eigenvalue weighted by Crippen LogP contribution is -2.42. The van der Waals surface area contributed by atoms with Crippen molar-refractivity contribution in [2.75, 3.05) is 26.2 Å². The van der Waals surface area contributed by atoms with Crippen LogP contribution in [0.25, 0.3) is 0 Å². The molecule has 0 saturated heterocycles. The summed E-state index contributed by atoms with van der Waals surface area (Å²) in [6.45, 7) is 5.35. The Kier molecular flexibility index (Phi) is 8.37. The number of alkyl halides is 3. The van der Waals surface area contributed by atoms with Crippen LogP contribution in [-0.2, 0) is 11.0 Å². The van der Waals surface area contributed by atoms with E-state index in [1.807, 2.05) is 18.7 Å². The number of urea groups is 1. The molecule has 0 spiro atoms. The molecule has 0 aliphatic carbocycles. The Balaban J connectivity index is 2.79. The van der Waals surface area contributed by atoms with Gasteiger partial charge in [0.2, 0.25) is 0 Å². The van der Waals surface area contributed by atoms with Gasteiger partial charge in [-0.15, -0.1) is 0 Å². The van der Waals surface area contributed by atoms with Crippen molar-refractivity contribution in [1.29, 1.82) is 0 Å². The van der Waals surface area contributed by atoms with Crippen LogP contribution >= 0.6 is 0 Å². The van der Waals surface area contributed by atoms with E-state index in [4.69, 9.17) is 5.11 Å². The van der Waals surface area contributed by atoms with Gasteiger partial charge < -0.3 is 15.7 Å². The molecular formula is C17H24F3N3O3. The number of carboxylic acids is 1. The van der Waals surface area contributed by atoms with E-state index in [-0.39, 0.29) is 25.6 Å². The van der Waals surface area contributed by atoms with Crippen molar-refractivity contribution in [3.8, 4) is 0 Å². The van der Waals surface area contributed by atoms with Crippen LogP contribution in [0.15, 0.2) is 24.3 Å². The van der Waals surface area contributed by atoms with Gasteiger partial charge in [-0.1, -0.05) is 26.0 Å². The van der Waals surface area contributed by atoms with Gasteiger partial charge in [0.1, 0.15) is 0 Å². The Morgan fingerprint density at radius 3 is 2.15 bits per heavy atom. The normalized spacial score (nSPS) is 12.7. The summed E-state index contributed by atoms with van der Waals surface area (Å²) in [4.78, 5) is 24.2. The van der Waals surface area contributed by atoms with Crippen LogP contribution in [0.3, 0.4) is 0 Å². The summed E-state index contributed by atoms with van der Waals surface area (Å²) in [5.41, 5.74) is -0.0635. The van der Waals surface area contributed by atoms with Gasteiger partial charge in [0.25, 0.3) is 0 Å². The predicted octanol–water partition coefficient (Wildman–Crippen LogP) is 2.86. The first-order valence-corrected chi connectivity index (χ1v) is 8.33. The van der Waals surface area contributed by atoms with Gasteiger partial charge in [-0.2, -0.15) is 13.2 Å². The molecule has 1 unspecified atom stereocenters. The zero-order chi connectivity index (χ0) is 19.7. The summed E-state index contributed by atoms with van der Waals surface area (Å²) >= 11 is 0. The van der Waals surface area contributed by atoms with Crippen LogP contribution in [-0.4, -0.2) is 48.2 Å². The van der Waals surface area contributed by atoms with Crippen molar-refractivity contribution in [2.24, 2.45) is 0 Å². The molecule has 2 amide bonds. The second kappa shape index (κ2) is 10.0. The number of amides is 2. The Morgan fingerprint density at radius 1 is 1.12 bits per heavy atom. The van der Waals surface area contributed by atoms with Crippen LogP contribution in [0.5, 0.6) is 0 Å². The highest BCUT2D eigenvalue weighted by Gasteiger charge is 2.30. The predicted molar refractivity (Wildman–Crippen MR) is 90.8 cm³/mol. The smallest absolute Gasteiger partial charge is 0.416 e. The average Bonchev–Trinajstić information content (AvgIpc) is 2.57. The van der Waals surface area contributed by atoms with Crippen molar-refractivity contribution >= 4 is 12.0 Å². The van der Waals surface area contributed by atoms with Gasteiger partial charge in [0.15, 0.2) is 0 Å². The van der Waals surface area contributed by atoms with E-state index in [0.29, 0.717) is 18.7 Å². The summed E-state index contributed by atoms with van der Waals surface area (Å²) in [6.07, 6.45) is -4.59. The lowest BCUT2D eigenvalue weighted by atomic mass is 10.0. The molecule has 9 heteroatoms. The Labute approximate surface area is 150 Å². The highest BCUT2D eigenvalue weighted by molar-refractivity contribution is 5.75. The topological polar surface area (TPSA) is 81.7 Å². The molecule has 0 heterocycles. The molecule has 0 aliphatic rings. The number of carboxylic acid groups (broad SMARTS) is 1. The maximum atomic E-state index is 12.7. The van der Waals surface area contributed by atoms with Gasteiger partial charge >= 0.3 is 18.2 Å². The number of benzene rings is 1. The molecule has 0 aliphatic heterocycles. The number of likely N-dealkylation sites (N-methyl/N-ethyl adjacent to an activating group) is 1. The SMILES string of the molecule is CCN(CC)C(CNC(=O)NCCC(=O)O)c1ccc(C(F)(F)F)cc1. The van der Waals surface area contributed by atoms with E-state index in [9.17, 15) is 22.8 Å². The number of rotatable bonds is 9. The second-order valence-electron chi connectivity index (χ2n) is 5.64. The van der Waals surface area contributed by atoms with Crippen molar-refractivity contribution in [3.05, 3.63) is 35.4 Å². The minimum Gasteiger partial charge on any atom is -0.481 e. The number of hydrogen-bond donors (Lipinski definition) is 3. The maximum Gasteiger partial charge on any atom is 0.416 e. The monoisotopic (exact) mass is 375 g/mol. The largest absolute Gasteiger partial charge is 0.481 e. The highest BCUT2D eigenvalue weighted by Crippen LogP contribution is 2.30. The van der Waals surface area contributed by atoms with Crippen molar-refractivity contribution in [1.82, 2.24) is 15.5 Å². The molecule has 0 radical (unpaired) electrons.